The second-order valence-electron chi connectivity index (χ2n) is 5.14. The molecule has 2 aromatic carbocycles. The van der Waals surface area contributed by atoms with Crippen molar-refractivity contribution < 1.29 is 14.3 Å². The highest BCUT2D eigenvalue weighted by atomic mass is 32.2. The molecular weight excluding hydrogens is 310 g/mol. The fourth-order valence-corrected chi connectivity index (χ4v) is 3.97. The van der Waals surface area contributed by atoms with Gasteiger partial charge in [0.15, 0.2) is 0 Å². The minimum Gasteiger partial charge on any atom is -0.465 e. The first-order valence-corrected chi connectivity index (χ1v) is 8.43. The highest BCUT2D eigenvalue weighted by Gasteiger charge is 2.45. The Morgan fingerprint density at radius 1 is 1.13 bits per heavy atom. The summed E-state index contributed by atoms with van der Waals surface area (Å²) in [5.74, 6) is -0.246. The van der Waals surface area contributed by atoms with Crippen molar-refractivity contribution in [2.75, 3.05) is 12.4 Å². The molecule has 1 atom stereocenters. The van der Waals surface area contributed by atoms with E-state index in [4.69, 9.17) is 4.74 Å². The lowest BCUT2D eigenvalue weighted by Gasteiger charge is -2.30. The van der Waals surface area contributed by atoms with E-state index in [1.165, 1.54) is 11.8 Å². The number of hydrogen-bond donors (Lipinski definition) is 1. The summed E-state index contributed by atoms with van der Waals surface area (Å²) in [6.07, 6.45) is 0. The predicted molar refractivity (Wildman–Crippen MR) is 90.2 cm³/mol. The zero-order valence-electron chi connectivity index (χ0n) is 12.7. The molecule has 0 saturated carbocycles. The smallest absolute Gasteiger partial charge is 0.315 e. The van der Waals surface area contributed by atoms with Gasteiger partial charge in [0, 0.05) is 11.1 Å². The Balaban J connectivity index is 2.03. The van der Waals surface area contributed by atoms with Crippen LogP contribution in [0.15, 0.2) is 54.6 Å². The number of benzene rings is 2. The summed E-state index contributed by atoms with van der Waals surface area (Å²) >= 11 is 1.37. The van der Waals surface area contributed by atoms with Crippen molar-refractivity contribution in [2.24, 2.45) is 0 Å². The number of rotatable bonds is 5. The van der Waals surface area contributed by atoms with Gasteiger partial charge in [-0.3, -0.25) is 9.59 Å². The first-order chi connectivity index (χ1) is 11.2. The lowest BCUT2D eigenvalue weighted by atomic mass is 9.98. The lowest BCUT2D eigenvalue weighted by molar-refractivity contribution is -0.139. The van der Waals surface area contributed by atoms with Crippen LogP contribution in [0.1, 0.15) is 28.4 Å². The molecule has 1 aliphatic rings. The minimum atomic E-state index is -0.762. The van der Waals surface area contributed by atoms with E-state index in [2.05, 4.69) is 5.32 Å². The Labute approximate surface area is 139 Å². The van der Waals surface area contributed by atoms with E-state index in [1.54, 1.807) is 13.0 Å². The van der Waals surface area contributed by atoms with Gasteiger partial charge in [-0.1, -0.05) is 48.5 Å². The van der Waals surface area contributed by atoms with Crippen molar-refractivity contribution in [3.8, 4) is 0 Å². The maximum absolute atomic E-state index is 12.4. The highest BCUT2D eigenvalue weighted by molar-refractivity contribution is 8.01. The number of fused-ring (bicyclic) bond motifs is 1. The van der Waals surface area contributed by atoms with E-state index in [9.17, 15) is 9.59 Å². The zero-order chi connectivity index (χ0) is 16.3. The first-order valence-electron chi connectivity index (χ1n) is 7.44. The van der Waals surface area contributed by atoms with Gasteiger partial charge in [0.05, 0.1) is 12.4 Å². The minimum absolute atomic E-state index is 0.124. The molecule has 1 aliphatic heterocycles. The van der Waals surface area contributed by atoms with Crippen LogP contribution in [0, 0.1) is 0 Å². The normalized spacial score (nSPS) is 19.1. The van der Waals surface area contributed by atoms with Crippen LogP contribution >= 0.6 is 11.8 Å². The van der Waals surface area contributed by atoms with Crippen LogP contribution in [0.2, 0.25) is 0 Å². The number of carbonyl (C=O) groups excluding carboxylic acids is 2. The molecule has 1 N–H and O–H groups in total. The fourth-order valence-electron chi connectivity index (χ4n) is 2.75. The Kier molecular flexibility index (Phi) is 4.39. The van der Waals surface area contributed by atoms with E-state index in [0.29, 0.717) is 12.2 Å². The summed E-state index contributed by atoms with van der Waals surface area (Å²) < 4.78 is 5.02. The number of thioether (sulfide) groups is 1. The van der Waals surface area contributed by atoms with Crippen LogP contribution < -0.4 is 5.32 Å². The van der Waals surface area contributed by atoms with E-state index < -0.39 is 4.87 Å². The molecular formula is C18H17NO3S. The first kappa shape index (κ1) is 15.6. The van der Waals surface area contributed by atoms with Crippen molar-refractivity contribution >= 4 is 23.6 Å². The molecule has 0 spiro atoms. The van der Waals surface area contributed by atoms with Crippen molar-refractivity contribution in [1.29, 1.82) is 0 Å². The predicted octanol–water partition coefficient (Wildman–Crippen LogP) is 2.93. The van der Waals surface area contributed by atoms with Crippen LogP contribution in [0.4, 0.5) is 0 Å². The molecule has 0 aromatic heterocycles. The molecule has 1 heterocycles. The third-order valence-electron chi connectivity index (χ3n) is 3.73. The Morgan fingerprint density at radius 2 is 1.83 bits per heavy atom. The Bertz CT molecular complexity index is 732. The van der Waals surface area contributed by atoms with Gasteiger partial charge < -0.3 is 10.1 Å². The molecule has 3 rings (SSSR count). The largest absolute Gasteiger partial charge is 0.465 e. The molecule has 1 amide bonds. The molecule has 0 aliphatic carbocycles. The van der Waals surface area contributed by atoms with Crippen molar-refractivity contribution in [3.63, 3.8) is 0 Å². The summed E-state index contributed by atoms with van der Waals surface area (Å²) in [5.41, 5.74) is 2.46. The summed E-state index contributed by atoms with van der Waals surface area (Å²) in [6.45, 7) is 2.13. The molecule has 0 unspecified atom stereocenters. The Hall–Kier alpha value is -2.27. The van der Waals surface area contributed by atoms with Gasteiger partial charge >= 0.3 is 5.97 Å². The maximum Gasteiger partial charge on any atom is 0.315 e. The summed E-state index contributed by atoms with van der Waals surface area (Å²) in [5, 5.41) is 3.06. The molecule has 0 fully saturated rings. The second-order valence-corrected chi connectivity index (χ2v) is 6.33. The van der Waals surface area contributed by atoms with Gasteiger partial charge in [-0.15, -0.1) is 11.8 Å². The Morgan fingerprint density at radius 3 is 2.57 bits per heavy atom. The van der Waals surface area contributed by atoms with Crippen LogP contribution in [0.5, 0.6) is 0 Å². The number of esters is 1. The number of ether oxygens (including phenoxy) is 1. The molecule has 0 saturated heterocycles. The van der Waals surface area contributed by atoms with Gasteiger partial charge in [0.1, 0.15) is 4.87 Å². The van der Waals surface area contributed by atoms with E-state index in [1.807, 2.05) is 48.5 Å². The second kappa shape index (κ2) is 6.46. The summed E-state index contributed by atoms with van der Waals surface area (Å²) in [6, 6.07) is 17.2. The van der Waals surface area contributed by atoms with Crippen LogP contribution in [0.3, 0.4) is 0 Å². The van der Waals surface area contributed by atoms with E-state index >= 15 is 0 Å². The third kappa shape index (κ3) is 2.84. The van der Waals surface area contributed by atoms with Gasteiger partial charge in [0.25, 0.3) is 5.91 Å². The summed E-state index contributed by atoms with van der Waals surface area (Å²) in [7, 11) is 0. The molecule has 0 radical (unpaired) electrons. The van der Waals surface area contributed by atoms with Gasteiger partial charge in [-0.25, -0.2) is 0 Å². The number of nitrogens with one attached hydrogen (secondary N) is 1. The molecule has 4 nitrogen and oxygen atoms in total. The fraction of sp³-hybridized carbons (Fsp3) is 0.222. The average molecular weight is 327 g/mol. The topological polar surface area (TPSA) is 55.4 Å². The highest BCUT2D eigenvalue weighted by Crippen LogP contribution is 2.45. The van der Waals surface area contributed by atoms with Gasteiger partial charge in [-0.2, -0.15) is 0 Å². The van der Waals surface area contributed by atoms with Crippen molar-refractivity contribution in [2.45, 2.75) is 11.8 Å². The van der Waals surface area contributed by atoms with E-state index in [-0.39, 0.29) is 17.6 Å². The maximum atomic E-state index is 12.4. The average Bonchev–Trinajstić information content (AvgIpc) is 2.88. The monoisotopic (exact) mass is 327 g/mol. The van der Waals surface area contributed by atoms with E-state index in [0.717, 1.165) is 11.1 Å². The van der Waals surface area contributed by atoms with Crippen molar-refractivity contribution in [1.82, 2.24) is 5.32 Å². The van der Waals surface area contributed by atoms with Crippen LogP contribution in [-0.4, -0.2) is 24.2 Å². The SMILES string of the molecule is CCOC(=O)CS[C@]1(c2ccccc2)NC(=O)c2ccccc21. The lowest BCUT2D eigenvalue weighted by Crippen LogP contribution is -2.38. The third-order valence-corrected chi connectivity index (χ3v) is 5.10. The van der Waals surface area contributed by atoms with Crippen LogP contribution in [-0.2, 0) is 14.4 Å². The zero-order valence-corrected chi connectivity index (χ0v) is 13.6. The molecule has 2 aromatic rings. The molecule has 0 bridgehead atoms. The van der Waals surface area contributed by atoms with Crippen molar-refractivity contribution in [3.05, 3.63) is 71.3 Å². The van der Waals surface area contributed by atoms with Crippen LogP contribution in [0.25, 0.3) is 0 Å². The standard InChI is InChI=1S/C18H17NO3S/c1-2-22-16(20)12-23-18(13-8-4-3-5-9-13)15-11-7-6-10-14(15)17(21)19-18/h3-11H,2,12H2,1H3,(H,19,21)/t18-/m0/s1. The molecule has 23 heavy (non-hydrogen) atoms. The number of hydrogen-bond acceptors (Lipinski definition) is 4. The van der Waals surface area contributed by atoms with Gasteiger partial charge in [-0.05, 0) is 18.6 Å². The number of carbonyl (C=O) groups is 2. The molecule has 118 valence electrons. The van der Waals surface area contributed by atoms with Gasteiger partial charge in [0.2, 0.25) is 0 Å². The molecule has 5 heteroatoms. The quantitative estimate of drug-likeness (QED) is 0.858. The summed E-state index contributed by atoms with van der Waals surface area (Å²) in [4.78, 5) is 23.4. The number of amides is 1.